The second-order valence-electron chi connectivity index (χ2n) is 12.7. The molecule has 0 bridgehead atoms. The Balaban J connectivity index is 1.13. The molecule has 0 aliphatic heterocycles. The van der Waals surface area contributed by atoms with E-state index in [-0.39, 0.29) is 17.6 Å². The fourth-order valence-corrected chi connectivity index (χ4v) is 9.17. The molecule has 1 radical (unpaired) electrons. The number of hydrogen-bond donors (Lipinski definition) is 0. The van der Waals surface area contributed by atoms with Gasteiger partial charge >= 0.3 is 12.1 Å². The number of benzene rings is 1. The Morgan fingerprint density at radius 1 is 1.00 bits per heavy atom. The predicted molar refractivity (Wildman–Crippen MR) is 149 cm³/mol. The van der Waals surface area contributed by atoms with E-state index in [9.17, 15) is 31.3 Å². The van der Waals surface area contributed by atoms with Crippen molar-refractivity contribution in [1.82, 2.24) is 0 Å². The van der Waals surface area contributed by atoms with E-state index in [0.29, 0.717) is 41.6 Å². The normalized spacial score (nSPS) is 29.1. The van der Waals surface area contributed by atoms with Crippen LogP contribution in [0.15, 0.2) is 18.2 Å². The summed E-state index contributed by atoms with van der Waals surface area (Å²) in [6.45, 7) is 2.23. The summed E-state index contributed by atoms with van der Waals surface area (Å²) in [4.78, 5) is 12.8. The first-order valence-corrected chi connectivity index (χ1v) is 16.7. The lowest BCUT2D eigenvalue weighted by molar-refractivity contribution is -0.284. The second kappa shape index (κ2) is 13.4. The number of Topliss-reactive ketones (excluding diaryl/α,β-unsaturated/α-hetero) is 1. The lowest BCUT2D eigenvalue weighted by Crippen LogP contribution is -2.46. The highest BCUT2D eigenvalue weighted by Gasteiger charge is 2.57. The lowest BCUT2D eigenvalue weighted by atomic mass is 9.52. The van der Waals surface area contributed by atoms with Gasteiger partial charge in [0, 0.05) is 18.3 Å². The van der Waals surface area contributed by atoms with E-state index in [1.165, 1.54) is 30.4 Å². The van der Waals surface area contributed by atoms with Crippen LogP contribution in [-0.4, -0.2) is 33.9 Å². The molecule has 3 aliphatic rings. The van der Waals surface area contributed by atoms with Gasteiger partial charge in [-0.25, -0.2) is 0 Å². The summed E-state index contributed by atoms with van der Waals surface area (Å²) in [7, 11) is 0. The van der Waals surface area contributed by atoms with Crippen molar-refractivity contribution in [3.63, 3.8) is 0 Å². The van der Waals surface area contributed by atoms with Crippen LogP contribution in [0.4, 0.5) is 22.0 Å². The Kier molecular flexibility index (Phi) is 10.7. The molecule has 40 heavy (non-hydrogen) atoms. The summed E-state index contributed by atoms with van der Waals surface area (Å²) >= 11 is -1.35. The Morgan fingerprint density at radius 3 is 2.40 bits per heavy atom. The number of carbonyl (C=O) groups is 1. The molecule has 0 aromatic heterocycles. The van der Waals surface area contributed by atoms with Gasteiger partial charge in [0.2, 0.25) is 0 Å². The molecule has 0 amide bonds. The standard InChI is InChI=1S/C32H44F5O2S/c1-30-19-17-26-25-14-9-8-12-23(25)22-24(29(26)27(30)15-16-28(30)38)13-7-5-3-2-4-6-10-20-40(39)21-11-18-31(33,34)32(35,36)37/h9,12,14,24,26-27,29H,2-7,10-11,13,15-22H2,1H3/t24-,26-,27+,29-,30+,40?/m1/s1. The van der Waals surface area contributed by atoms with E-state index >= 15 is 0 Å². The van der Waals surface area contributed by atoms with Crippen molar-refractivity contribution in [3.05, 3.63) is 35.4 Å². The summed E-state index contributed by atoms with van der Waals surface area (Å²) in [6.07, 6.45) is 6.21. The zero-order valence-corrected chi connectivity index (χ0v) is 24.5. The van der Waals surface area contributed by atoms with Crippen molar-refractivity contribution in [2.24, 2.45) is 23.2 Å². The molecule has 225 valence electrons. The molecule has 0 spiro atoms. The molecular weight excluding hydrogens is 543 g/mol. The van der Waals surface area contributed by atoms with Crippen LogP contribution in [0.1, 0.15) is 114 Å². The number of fused-ring (bicyclic) bond motifs is 5. The summed E-state index contributed by atoms with van der Waals surface area (Å²) in [6, 6.07) is 9.77. The molecule has 0 saturated heterocycles. The van der Waals surface area contributed by atoms with Crippen molar-refractivity contribution >= 4 is 17.0 Å². The van der Waals surface area contributed by atoms with Gasteiger partial charge in [0.05, 0.1) is 0 Å². The molecule has 2 nitrogen and oxygen atoms in total. The minimum atomic E-state index is -5.54. The van der Waals surface area contributed by atoms with E-state index in [1.54, 1.807) is 0 Å². The molecule has 1 aromatic rings. The Morgan fingerprint density at radius 2 is 1.68 bits per heavy atom. The molecule has 0 heterocycles. The Hall–Kier alpha value is -1.15. The number of carbonyl (C=O) groups excluding carboxylic acids is 1. The number of alkyl halides is 5. The van der Waals surface area contributed by atoms with Gasteiger partial charge in [-0.15, -0.1) is 0 Å². The van der Waals surface area contributed by atoms with Gasteiger partial charge in [-0.1, -0.05) is 68.4 Å². The molecule has 0 N–H and O–H groups in total. The molecule has 4 rings (SSSR count). The van der Waals surface area contributed by atoms with Crippen LogP contribution >= 0.6 is 0 Å². The molecule has 6 atom stereocenters. The quantitative estimate of drug-likeness (QED) is 0.124. The molecular formula is C32H44F5O2S. The van der Waals surface area contributed by atoms with Crippen LogP contribution < -0.4 is 0 Å². The molecule has 1 unspecified atom stereocenters. The van der Waals surface area contributed by atoms with Gasteiger partial charge in [0.15, 0.2) is 0 Å². The van der Waals surface area contributed by atoms with Crippen molar-refractivity contribution in [2.45, 2.75) is 121 Å². The molecule has 2 fully saturated rings. The highest BCUT2D eigenvalue weighted by molar-refractivity contribution is 7.91. The van der Waals surface area contributed by atoms with Gasteiger partial charge in [0.25, 0.3) is 0 Å². The average molecular weight is 588 g/mol. The van der Waals surface area contributed by atoms with Gasteiger partial charge in [-0.2, -0.15) is 22.0 Å². The molecule has 3 aliphatic carbocycles. The minimum Gasteiger partial charge on any atom is -0.616 e. The van der Waals surface area contributed by atoms with Gasteiger partial charge < -0.3 is 4.55 Å². The van der Waals surface area contributed by atoms with Crippen LogP contribution in [-0.2, 0) is 22.4 Å². The summed E-state index contributed by atoms with van der Waals surface area (Å²) < 4.78 is 74.5. The van der Waals surface area contributed by atoms with E-state index < -0.39 is 29.7 Å². The van der Waals surface area contributed by atoms with Crippen molar-refractivity contribution in [1.29, 1.82) is 0 Å². The van der Waals surface area contributed by atoms with Crippen LogP contribution in [0.25, 0.3) is 0 Å². The topological polar surface area (TPSA) is 40.1 Å². The fourth-order valence-electron chi connectivity index (χ4n) is 7.97. The largest absolute Gasteiger partial charge is 0.616 e. The van der Waals surface area contributed by atoms with Crippen LogP contribution in [0.3, 0.4) is 0 Å². The SMILES string of the molecule is C[C@]12CC[C@@H]3c4cc[c]cc4C[C@@H](CCCCCCCCC[S+]([O-])CCCC(F)(F)C(F)(F)F)[C@H]3[C@@H]1CCC2=O. The monoisotopic (exact) mass is 587 g/mol. The van der Waals surface area contributed by atoms with E-state index in [4.69, 9.17) is 0 Å². The first-order chi connectivity index (χ1) is 18.9. The number of ketones is 1. The van der Waals surface area contributed by atoms with E-state index in [0.717, 1.165) is 57.8 Å². The molecule has 2 saturated carbocycles. The van der Waals surface area contributed by atoms with Gasteiger partial charge in [-0.3, -0.25) is 4.79 Å². The maximum Gasteiger partial charge on any atom is 0.453 e. The highest BCUT2D eigenvalue weighted by Crippen LogP contribution is 2.61. The second-order valence-corrected chi connectivity index (χ2v) is 14.4. The first kappa shape index (κ1) is 31.8. The third kappa shape index (κ3) is 7.25. The fraction of sp³-hybridized carbons (Fsp3) is 0.781. The minimum absolute atomic E-state index is 0.106. The van der Waals surface area contributed by atoms with Crippen molar-refractivity contribution < 1.29 is 31.3 Å². The maximum atomic E-state index is 12.9. The van der Waals surface area contributed by atoms with Crippen molar-refractivity contribution in [3.8, 4) is 0 Å². The smallest absolute Gasteiger partial charge is 0.453 e. The highest BCUT2D eigenvalue weighted by atomic mass is 32.2. The number of unbranched alkanes of at least 4 members (excludes halogenated alkanes) is 6. The Bertz CT molecular complexity index is 982. The van der Waals surface area contributed by atoms with Crippen LogP contribution in [0.2, 0.25) is 0 Å². The van der Waals surface area contributed by atoms with E-state index in [1.807, 2.05) is 6.07 Å². The van der Waals surface area contributed by atoms with Crippen LogP contribution in [0.5, 0.6) is 0 Å². The Labute approximate surface area is 239 Å². The van der Waals surface area contributed by atoms with Gasteiger partial charge in [0.1, 0.15) is 17.3 Å². The molecule has 1 aromatic carbocycles. The number of halogens is 5. The number of rotatable bonds is 14. The molecule has 8 heteroatoms. The van der Waals surface area contributed by atoms with Crippen molar-refractivity contribution in [2.75, 3.05) is 11.5 Å². The predicted octanol–water partition coefficient (Wildman–Crippen LogP) is 8.99. The van der Waals surface area contributed by atoms with E-state index in [2.05, 4.69) is 25.1 Å². The summed E-state index contributed by atoms with van der Waals surface area (Å²) in [5.41, 5.74) is 2.82. The van der Waals surface area contributed by atoms with Gasteiger partial charge in [-0.05, 0) is 92.2 Å². The van der Waals surface area contributed by atoms with Crippen LogP contribution in [0, 0.1) is 29.2 Å². The summed E-state index contributed by atoms with van der Waals surface area (Å²) in [5, 5.41) is 0. The number of hydrogen-bond acceptors (Lipinski definition) is 2. The lowest BCUT2D eigenvalue weighted by Gasteiger charge is -2.51. The third-order valence-corrected chi connectivity index (χ3v) is 11.7. The third-order valence-electron chi connectivity index (χ3n) is 10.2. The maximum absolute atomic E-state index is 12.9. The zero-order chi connectivity index (χ0) is 29.0. The summed E-state index contributed by atoms with van der Waals surface area (Å²) in [5.74, 6) is -1.67. The zero-order valence-electron chi connectivity index (χ0n) is 23.7. The average Bonchev–Trinajstić information content (AvgIpc) is 3.20. The first-order valence-electron chi connectivity index (χ1n) is 15.3.